The van der Waals surface area contributed by atoms with Gasteiger partial charge in [0.15, 0.2) is 5.76 Å². The number of aryl methyl sites for hydroxylation is 1. The third-order valence-corrected chi connectivity index (χ3v) is 4.04. The normalized spacial score (nSPS) is 11.0. The number of nitrogens with one attached hydrogen (secondary N) is 1. The van der Waals surface area contributed by atoms with E-state index in [1.165, 1.54) is 11.2 Å². The second-order valence-corrected chi connectivity index (χ2v) is 6.00. The number of H-pyrrole nitrogens is 1. The molecule has 0 aliphatic carbocycles. The van der Waals surface area contributed by atoms with E-state index >= 15 is 0 Å². The molecule has 0 spiro atoms. The minimum Gasteiger partial charge on any atom is -0.459 e. The Balaban J connectivity index is 1.93. The Morgan fingerprint density at radius 1 is 1.28 bits per heavy atom. The van der Waals surface area contributed by atoms with Gasteiger partial charge in [-0.1, -0.05) is 11.6 Å². The molecule has 0 atom stereocenters. The Morgan fingerprint density at radius 2 is 2.12 bits per heavy atom. The van der Waals surface area contributed by atoms with Gasteiger partial charge in [-0.05, 0) is 49.1 Å². The van der Waals surface area contributed by atoms with Crippen molar-refractivity contribution in [3.05, 3.63) is 69.9 Å². The largest absolute Gasteiger partial charge is 0.459 e. The number of fused-ring (bicyclic) bond motifs is 1. The van der Waals surface area contributed by atoms with E-state index in [1.54, 1.807) is 12.1 Å². The third-order valence-electron chi connectivity index (χ3n) is 4.04. The Morgan fingerprint density at radius 3 is 2.84 bits per heavy atom. The second-order valence-electron chi connectivity index (χ2n) is 6.00. The van der Waals surface area contributed by atoms with Crippen LogP contribution in [0.25, 0.3) is 10.9 Å². The molecule has 25 heavy (non-hydrogen) atoms. The minimum atomic E-state index is -0.304. The van der Waals surface area contributed by atoms with E-state index in [4.69, 9.17) is 9.52 Å². The van der Waals surface area contributed by atoms with Crippen molar-refractivity contribution in [3.63, 3.8) is 0 Å². The summed E-state index contributed by atoms with van der Waals surface area (Å²) in [6.45, 7) is 2.44. The number of rotatable bonds is 6. The van der Waals surface area contributed by atoms with Gasteiger partial charge in [0.2, 0.25) is 0 Å². The van der Waals surface area contributed by atoms with Crippen molar-refractivity contribution >= 4 is 16.8 Å². The second kappa shape index (κ2) is 7.36. The fourth-order valence-electron chi connectivity index (χ4n) is 2.76. The number of aromatic nitrogens is 1. The monoisotopic (exact) mass is 340 g/mol. The highest BCUT2D eigenvalue weighted by Crippen LogP contribution is 2.15. The van der Waals surface area contributed by atoms with Crippen molar-refractivity contribution in [3.8, 4) is 0 Å². The number of aliphatic hydroxyl groups excluding tert-OH is 1. The number of furan rings is 1. The number of hydrogen-bond donors (Lipinski definition) is 2. The first-order valence-electron chi connectivity index (χ1n) is 8.14. The number of carbonyl (C=O) groups excluding carboxylic acids is 1. The van der Waals surface area contributed by atoms with Gasteiger partial charge in [0.25, 0.3) is 11.5 Å². The molecule has 2 N–H and O–H groups in total. The van der Waals surface area contributed by atoms with Crippen LogP contribution in [0.2, 0.25) is 0 Å². The number of pyridine rings is 1. The van der Waals surface area contributed by atoms with Crippen LogP contribution in [0.5, 0.6) is 0 Å². The molecule has 130 valence electrons. The lowest BCUT2D eigenvalue weighted by atomic mass is 10.1. The van der Waals surface area contributed by atoms with Gasteiger partial charge >= 0.3 is 0 Å². The van der Waals surface area contributed by atoms with Crippen molar-refractivity contribution in [2.24, 2.45) is 0 Å². The van der Waals surface area contributed by atoms with Crippen LogP contribution in [-0.2, 0) is 6.54 Å². The van der Waals surface area contributed by atoms with Gasteiger partial charge in [0.1, 0.15) is 0 Å². The SMILES string of the molecule is Cc1ccc2[nH]c(=O)c(CN(CCCO)C(=O)c3ccco3)cc2c1. The molecular formula is C19H20N2O4. The number of benzene rings is 1. The van der Waals surface area contributed by atoms with Crippen molar-refractivity contribution in [1.82, 2.24) is 9.88 Å². The molecule has 0 aliphatic heterocycles. The maximum atomic E-state index is 12.6. The molecule has 0 radical (unpaired) electrons. The standard InChI is InChI=1S/C19H20N2O4/c1-13-5-6-16-14(10-13)11-15(18(23)20-16)12-21(7-3-8-22)19(24)17-4-2-9-25-17/h2,4-6,9-11,22H,3,7-8,12H2,1H3,(H,20,23). The number of aliphatic hydroxyl groups is 1. The molecule has 6 nitrogen and oxygen atoms in total. The van der Waals surface area contributed by atoms with Crippen LogP contribution < -0.4 is 5.56 Å². The Bertz CT molecular complexity index is 928. The van der Waals surface area contributed by atoms with Crippen LogP contribution in [0.1, 0.15) is 28.1 Å². The number of aromatic amines is 1. The number of hydrogen-bond acceptors (Lipinski definition) is 4. The molecule has 2 aromatic heterocycles. The molecule has 3 rings (SSSR count). The van der Waals surface area contributed by atoms with Gasteiger partial charge in [0, 0.05) is 24.2 Å². The molecule has 2 heterocycles. The lowest BCUT2D eigenvalue weighted by Gasteiger charge is -2.21. The average Bonchev–Trinajstić information content (AvgIpc) is 3.13. The highest BCUT2D eigenvalue weighted by atomic mass is 16.3. The van der Waals surface area contributed by atoms with E-state index in [2.05, 4.69) is 4.98 Å². The Kier molecular flexibility index (Phi) is 5.00. The van der Waals surface area contributed by atoms with Gasteiger partial charge in [0.05, 0.1) is 12.8 Å². The molecule has 1 amide bonds. The summed E-state index contributed by atoms with van der Waals surface area (Å²) in [5, 5.41) is 10.0. The minimum absolute atomic E-state index is 0.0325. The van der Waals surface area contributed by atoms with E-state index in [0.29, 0.717) is 18.5 Å². The predicted molar refractivity (Wildman–Crippen MR) is 94.5 cm³/mol. The summed E-state index contributed by atoms with van der Waals surface area (Å²) >= 11 is 0. The summed E-state index contributed by atoms with van der Waals surface area (Å²) in [6.07, 6.45) is 1.86. The maximum absolute atomic E-state index is 12.6. The fourth-order valence-corrected chi connectivity index (χ4v) is 2.76. The van der Waals surface area contributed by atoms with Crippen molar-refractivity contribution in [1.29, 1.82) is 0 Å². The quantitative estimate of drug-likeness (QED) is 0.722. The van der Waals surface area contributed by atoms with Crippen molar-refractivity contribution in [2.45, 2.75) is 19.9 Å². The molecule has 1 aromatic carbocycles. The van der Waals surface area contributed by atoms with E-state index < -0.39 is 0 Å². The summed E-state index contributed by atoms with van der Waals surface area (Å²) < 4.78 is 5.17. The van der Waals surface area contributed by atoms with Crippen LogP contribution in [0.15, 0.2) is 51.9 Å². The number of carbonyl (C=O) groups is 1. The van der Waals surface area contributed by atoms with E-state index in [0.717, 1.165) is 16.5 Å². The highest BCUT2D eigenvalue weighted by Gasteiger charge is 2.19. The van der Waals surface area contributed by atoms with Gasteiger partial charge in [-0.25, -0.2) is 0 Å². The molecule has 6 heteroatoms. The van der Waals surface area contributed by atoms with E-state index in [9.17, 15) is 9.59 Å². The van der Waals surface area contributed by atoms with Crippen LogP contribution in [0.3, 0.4) is 0 Å². The Hall–Kier alpha value is -2.86. The lowest BCUT2D eigenvalue weighted by Crippen LogP contribution is -2.33. The zero-order chi connectivity index (χ0) is 17.8. The van der Waals surface area contributed by atoms with E-state index in [-0.39, 0.29) is 30.4 Å². The maximum Gasteiger partial charge on any atom is 0.289 e. The number of nitrogens with zero attached hydrogens (tertiary/aromatic N) is 1. The van der Waals surface area contributed by atoms with Gasteiger partial charge in [-0.2, -0.15) is 0 Å². The molecule has 0 bridgehead atoms. The first-order valence-corrected chi connectivity index (χ1v) is 8.14. The van der Waals surface area contributed by atoms with Crippen LogP contribution >= 0.6 is 0 Å². The van der Waals surface area contributed by atoms with Crippen LogP contribution in [0.4, 0.5) is 0 Å². The topological polar surface area (TPSA) is 86.5 Å². The molecule has 0 fully saturated rings. The fraction of sp³-hybridized carbons (Fsp3) is 0.263. The number of amides is 1. The van der Waals surface area contributed by atoms with E-state index in [1.807, 2.05) is 31.2 Å². The molecular weight excluding hydrogens is 320 g/mol. The smallest absolute Gasteiger partial charge is 0.289 e. The molecule has 0 aliphatic rings. The van der Waals surface area contributed by atoms with Gasteiger partial charge in [-0.3, -0.25) is 9.59 Å². The van der Waals surface area contributed by atoms with Gasteiger partial charge < -0.3 is 19.4 Å². The Labute approximate surface area is 144 Å². The lowest BCUT2D eigenvalue weighted by molar-refractivity contribution is 0.0699. The van der Waals surface area contributed by atoms with Crippen LogP contribution in [-0.4, -0.2) is 34.0 Å². The summed E-state index contributed by atoms with van der Waals surface area (Å²) in [4.78, 5) is 29.3. The third kappa shape index (κ3) is 3.80. The zero-order valence-corrected chi connectivity index (χ0v) is 14.0. The molecule has 0 unspecified atom stereocenters. The molecule has 3 aromatic rings. The van der Waals surface area contributed by atoms with Gasteiger partial charge in [-0.15, -0.1) is 0 Å². The molecule has 0 saturated heterocycles. The average molecular weight is 340 g/mol. The molecule has 0 saturated carbocycles. The first-order chi connectivity index (χ1) is 12.1. The summed E-state index contributed by atoms with van der Waals surface area (Å²) in [5.74, 6) is -0.0896. The summed E-state index contributed by atoms with van der Waals surface area (Å²) in [7, 11) is 0. The predicted octanol–water partition coefficient (Wildman–Crippen LogP) is 2.45. The summed E-state index contributed by atoms with van der Waals surface area (Å²) in [5.41, 5.74) is 2.13. The van der Waals surface area contributed by atoms with Crippen LogP contribution in [0, 0.1) is 6.92 Å². The van der Waals surface area contributed by atoms with Crippen molar-refractivity contribution < 1.29 is 14.3 Å². The summed E-state index contributed by atoms with van der Waals surface area (Å²) in [6, 6.07) is 10.8. The highest BCUT2D eigenvalue weighted by molar-refractivity contribution is 5.91. The first kappa shape index (κ1) is 17.0. The van der Waals surface area contributed by atoms with Crippen molar-refractivity contribution in [2.75, 3.05) is 13.2 Å². The zero-order valence-electron chi connectivity index (χ0n) is 14.0.